The quantitative estimate of drug-likeness (QED) is 0.927. The number of methoxy groups -OCH3 is 1. The molecular weight excluding hydrogens is 292 g/mol. The molecule has 0 bridgehead atoms. The second-order valence-corrected chi connectivity index (χ2v) is 6.35. The van der Waals surface area contributed by atoms with Gasteiger partial charge in [0, 0.05) is 12.0 Å². The van der Waals surface area contributed by atoms with Crippen LogP contribution in [0.3, 0.4) is 0 Å². The highest BCUT2D eigenvalue weighted by atomic mass is 35.5. The van der Waals surface area contributed by atoms with Crippen molar-refractivity contribution in [3.63, 3.8) is 0 Å². The molecule has 114 valence electrons. The zero-order valence-electron chi connectivity index (χ0n) is 12.2. The van der Waals surface area contributed by atoms with E-state index in [0.717, 1.165) is 18.4 Å². The first-order valence-corrected chi connectivity index (χ1v) is 7.67. The molecule has 0 spiro atoms. The smallest absolute Gasteiger partial charge is 0.314 e. The lowest BCUT2D eigenvalue weighted by Crippen LogP contribution is -2.33. The molecule has 1 heterocycles. The van der Waals surface area contributed by atoms with Crippen molar-refractivity contribution >= 4 is 17.6 Å². The molecular formula is C16H19ClO4. The molecule has 1 unspecified atom stereocenters. The van der Waals surface area contributed by atoms with Crippen molar-refractivity contribution in [1.82, 2.24) is 0 Å². The highest BCUT2D eigenvalue weighted by Gasteiger charge is 2.46. The second kappa shape index (κ2) is 5.09. The van der Waals surface area contributed by atoms with E-state index in [1.165, 1.54) is 0 Å². The summed E-state index contributed by atoms with van der Waals surface area (Å²) in [6.45, 7) is 1.97. The molecule has 1 aliphatic heterocycles. The van der Waals surface area contributed by atoms with Crippen LogP contribution in [0.4, 0.5) is 0 Å². The predicted molar refractivity (Wildman–Crippen MR) is 79.6 cm³/mol. The maximum Gasteiger partial charge on any atom is 0.314 e. The van der Waals surface area contributed by atoms with Crippen LogP contribution in [0.1, 0.15) is 43.7 Å². The van der Waals surface area contributed by atoms with E-state index >= 15 is 0 Å². The normalized spacial score (nSPS) is 22.7. The van der Waals surface area contributed by atoms with Gasteiger partial charge in [0.15, 0.2) is 11.5 Å². The van der Waals surface area contributed by atoms with Gasteiger partial charge in [0.05, 0.1) is 17.5 Å². The number of carboxylic acid groups (broad SMARTS) is 1. The third kappa shape index (κ3) is 2.08. The molecule has 0 radical (unpaired) electrons. The van der Waals surface area contributed by atoms with Crippen LogP contribution in [-0.4, -0.2) is 24.3 Å². The minimum absolute atomic E-state index is 0.0333. The van der Waals surface area contributed by atoms with E-state index in [0.29, 0.717) is 41.3 Å². The molecule has 5 heteroatoms. The van der Waals surface area contributed by atoms with Crippen LogP contribution >= 0.6 is 11.6 Å². The molecule has 21 heavy (non-hydrogen) atoms. The standard InChI is InChI=1S/C16H19ClO4/c1-9-7-10-13(17)11(8-12(20-2)14(10)21-9)16(15(18)19)5-3-4-6-16/h8-9H,3-7H2,1-2H3,(H,18,19). The highest BCUT2D eigenvalue weighted by molar-refractivity contribution is 6.33. The van der Waals surface area contributed by atoms with Gasteiger partial charge in [-0.1, -0.05) is 24.4 Å². The van der Waals surface area contributed by atoms with Gasteiger partial charge in [-0.15, -0.1) is 0 Å². The fraction of sp³-hybridized carbons (Fsp3) is 0.562. The second-order valence-electron chi connectivity index (χ2n) is 5.98. The van der Waals surface area contributed by atoms with Crippen LogP contribution in [-0.2, 0) is 16.6 Å². The SMILES string of the molecule is COc1cc(C2(C(=O)O)CCCC2)c(Cl)c2c1OC(C)C2. The van der Waals surface area contributed by atoms with E-state index in [9.17, 15) is 9.90 Å². The van der Waals surface area contributed by atoms with Crippen molar-refractivity contribution in [1.29, 1.82) is 0 Å². The number of fused-ring (bicyclic) bond motifs is 1. The lowest BCUT2D eigenvalue weighted by Gasteiger charge is -2.27. The summed E-state index contributed by atoms with van der Waals surface area (Å²) in [7, 11) is 1.57. The Labute approximate surface area is 129 Å². The lowest BCUT2D eigenvalue weighted by atomic mass is 9.78. The number of carboxylic acids is 1. The summed E-state index contributed by atoms with van der Waals surface area (Å²) in [6, 6.07) is 1.76. The summed E-state index contributed by atoms with van der Waals surface area (Å²) in [6.07, 6.45) is 3.80. The number of ether oxygens (including phenoxy) is 2. The molecule has 1 aromatic rings. The topological polar surface area (TPSA) is 55.8 Å². The van der Waals surface area contributed by atoms with Gasteiger partial charge in [-0.25, -0.2) is 0 Å². The largest absolute Gasteiger partial charge is 0.493 e. The third-order valence-electron chi connectivity index (χ3n) is 4.69. The maximum absolute atomic E-state index is 11.9. The van der Waals surface area contributed by atoms with E-state index in [-0.39, 0.29) is 6.10 Å². The number of rotatable bonds is 3. The summed E-state index contributed by atoms with van der Waals surface area (Å²) in [5, 5.41) is 10.3. The number of hydrogen-bond acceptors (Lipinski definition) is 3. The molecule has 1 aliphatic carbocycles. The molecule has 1 aromatic carbocycles. The van der Waals surface area contributed by atoms with Crippen molar-refractivity contribution in [2.45, 2.75) is 50.5 Å². The van der Waals surface area contributed by atoms with E-state index in [4.69, 9.17) is 21.1 Å². The minimum Gasteiger partial charge on any atom is -0.493 e. The first-order chi connectivity index (χ1) is 9.99. The number of halogens is 1. The summed E-state index contributed by atoms with van der Waals surface area (Å²) >= 11 is 6.56. The molecule has 0 aromatic heterocycles. The summed E-state index contributed by atoms with van der Waals surface area (Å²) in [5.41, 5.74) is 0.680. The van der Waals surface area contributed by atoms with Gasteiger partial charge >= 0.3 is 5.97 Å². The van der Waals surface area contributed by atoms with Gasteiger partial charge in [0.1, 0.15) is 6.10 Å². The number of carbonyl (C=O) groups is 1. The summed E-state index contributed by atoms with van der Waals surface area (Å²) < 4.78 is 11.2. The monoisotopic (exact) mass is 310 g/mol. The van der Waals surface area contributed by atoms with Gasteiger partial charge < -0.3 is 14.6 Å². The van der Waals surface area contributed by atoms with Gasteiger partial charge in [-0.3, -0.25) is 4.79 Å². The van der Waals surface area contributed by atoms with Gasteiger partial charge in [0.25, 0.3) is 0 Å². The lowest BCUT2D eigenvalue weighted by molar-refractivity contribution is -0.143. The average Bonchev–Trinajstić information content (AvgIpc) is 3.06. The average molecular weight is 311 g/mol. The Kier molecular flexibility index (Phi) is 3.52. The molecule has 2 aliphatic rings. The molecule has 0 amide bonds. The Morgan fingerprint density at radius 2 is 2.14 bits per heavy atom. The van der Waals surface area contributed by atoms with Crippen LogP contribution in [0.2, 0.25) is 5.02 Å². The van der Waals surface area contributed by atoms with Crippen molar-refractivity contribution in [3.05, 3.63) is 22.2 Å². The summed E-state index contributed by atoms with van der Waals surface area (Å²) in [5.74, 6) is 0.453. The fourth-order valence-corrected chi connectivity index (χ4v) is 3.99. The Morgan fingerprint density at radius 3 is 2.71 bits per heavy atom. The van der Waals surface area contributed by atoms with Crippen molar-refractivity contribution in [3.8, 4) is 11.5 Å². The molecule has 1 saturated carbocycles. The fourth-order valence-electron chi connectivity index (χ4n) is 3.59. The first-order valence-electron chi connectivity index (χ1n) is 7.29. The third-order valence-corrected chi connectivity index (χ3v) is 5.12. The molecule has 1 atom stereocenters. The Balaban J connectivity index is 2.20. The van der Waals surface area contributed by atoms with Crippen LogP contribution < -0.4 is 9.47 Å². The van der Waals surface area contributed by atoms with Crippen molar-refractivity contribution in [2.24, 2.45) is 0 Å². The zero-order valence-corrected chi connectivity index (χ0v) is 13.0. The van der Waals surface area contributed by atoms with Gasteiger partial charge in [0.2, 0.25) is 0 Å². The van der Waals surface area contributed by atoms with Crippen LogP contribution in [0.5, 0.6) is 11.5 Å². The van der Waals surface area contributed by atoms with Crippen LogP contribution in [0.15, 0.2) is 6.07 Å². The number of aliphatic carboxylic acids is 1. The number of benzene rings is 1. The van der Waals surface area contributed by atoms with E-state index in [2.05, 4.69) is 0 Å². The van der Waals surface area contributed by atoms with Crippen LogP contribution in [0.25, 0.3) is 0 Å². The summed E-state index contributed by atoms with van der Waals surface area (Å²) in [4.78, 5) is 11.9. The Hall–Kier alpha value is -1.42. The Morgan fingerprint density at radius 1 is 1.48 bits per heavy atom. The minimum atomic E-state index is -0.884. The van der Waals surface area contributed by atoms with E-state index < -0.39 is 11.4 Å². The molecule has 4 nitrogen and oxygen atoms in total. The zero-order chi connectivity index (χ0) is 15.2. The Bertz CT molecular complexity index is 590. The maximum atomic E-state index is 11.9. The van der Waals surface area contributed by atoms with Crippen molar-refractivity contribution in [2.75, 3.05) is 7.11 Å². The van der Waals surface area contributed by atoms with E-state index in [1.54, 1.807) is 13.2 Å². The molecule has 1 N–H and O–H groups in total. The molecule has 0 saturated heterocycles. The number of hydrogen-bond donors (Lipinski definition) is 1. The predicted octanol–water partition coefficient (Wildman–Crippen LogP) is 3.57. The van der Waals surface area contributed by atoms with Gasteiger partial charge in [-0.2, -0.15) is 0 Å². The first kappa shape index (κ1) is 14.5. The van der Waals surface area contributed by atoms with Gasteiger partial charge in [-0.05, 0) is 31.4 Å². The van der Waals surface area contributed by atoms with E-state index in [1.807, 2.05) is 6.92 Å². The van der Waals surface area contributed by atoms with Crippen LogP contribution in [0, 0.1) is 0 Å². The molecule has 3 rings (SSSR count). The molecule has 1 fully saturated rings. The van der Waals surface area contributed by atoms with Crippen molar-refractivity contribution < 1.29 is 19.4 Å². The highest BCUT2D eigenvalue weighted by Crippen LogP contribution is 2.51.